The molecular formula is C21H37O13P3. The Morgan fingerprint density at radius 2 is 1.16 bits per heavy atom. The Morgan fingerprint density at radius 1 is 0.811 bits per heavy atom. The molecular weight excluding hydrogens is 553 g/mol. The summed E-state index contributed by atoms with van der Waals surface area (Å²) in [5.41, 5.74) is 0. The maximum atomic E-state index is 11.4. The Labute approximate surface area is 216 Å². The van der Waals surface area contributed by atoms with Crippen molar-refractivity contribution in [2.75, 3.05) is 20.0 Å². The molecule has 16 heteroatoms. The molecule has 4 unspecified atom stereocenters. The first-order valence-electron chi connectivity index (χ1n) is 11.3. The van der Waals surface area contributed by atoms with Gasteiger partial charge in [0.05, 0.1) is 30.5 Å². The average Bonchev–Trinajstić information content (AvgIpc) is 2.64. The molecule has 4 fully saturated rings. The summed E-state index contributed by atoms with van der Waals surface area (Å²) in [5.74, 6) is 0.471. The van der Waals surface area contributed by atoms with Gasteiger partial charge >= 0.3 is 22.8 Å². The van der Waals surface area contributed by atoms with Gasteiger partial charge in [-0.15, -0.1) is 0 Å². The minimum absolute atomic E-state index is 0. The van der Waals surface area contributed by atoms with E-state index in [-0.39, 0.29) is 41.8 Å². The van der Waals surface area contributed by atoms with Crippen LogP contribution in [0.5, 0.6) is 5.75 Å². The number of Topliss-reactive ketones (excluding diaryl/α,β-unsaturated/α-hetero) is 1. The molecule has 2 aliphatic carbocycles. The van der Waals surface area contributed by atoms with E-state index >= 15 is 0 Å². The zero-order valence-corrected chi connectivity index (χ0v) is 23.6. The van der Waals surface area contributed by atoms with Crippen molar-refractivity contribution in [3.05, 3.63) is 30.3 Å². The van der Waals surface area contributed by atoms with E-state index in [4.69, 9.17) is 33.0 Å². The van der Waals surface area contributed by atoms with Gasteiger partial charge in [-0.2, -0.15) is 0 Å². The predicted octanol–water partition coefficient (Wildman–Crippen LogP) is 2.85. The normalized spacial score (nSPS) is 36.1. The molecule has 0 radical (unpaired) electrons. The highest BCUT2D eigenvalue weighted by molar-refractivity contribution is 7.53. The summed E-state index contributed by atoms with van der Waals surface area (Å²) in [7, 11) is -9.28. The van der Waals surface area contributed by atoms with Gasteiger partial charge in [-0.05, 0) is 12.1 Å². The number of rotatable bonds is 0. The lowest BCUT2D eigenvalue weighted by atomic mass is 9.93. The molecule has 6 N–H and O–H groups in total. The number of para-hydroxylation sites is 1. The molecule has 0 amide bonds. The number of phenols is 1. The summed E-state index contributed by atoms with van der Waals surface area (Å²) in [6.45, 7) is 3.80. The van der Waals surface area contributed by atoms with Crippen molar-refractivity contribution in [3.63, 3.8) is 0 Å². The number of aromatic hydroxyl groups is 1. The van der Waals surface area contributed by atoms with Crippen molar-refractivity contribution in [2.45, 2.75) is 69.0 Å². The third kappa shape index (κ3) is 14.7. The Hall–Kier alpha value is -0.940. The van der Waals surface area contributed by atoms with Crippen molar-refractivity contribution >= 4 is 28.6 Å². The van der Waals surface area contributed by atoms with E-state index in [1.165, 1.54) is 13.3 Å². The number of fused-ring (bicyclic) bond motifs is 4. The third-order valence-corrected chi connectivity index (χ3v) is 7.87. The SMILES string of the molecule is CP(=O)(O)O.CP1(=O)OC2CC(=O)CC(C2)O1.CP1(=O)OC2CC(O)CC(C2)O1.O.Oc1ccccc1. The van der Waals surface area contributed by atoms with Crippen LogP contribution < -0.4 is 0 Å². The Bertz CT molecular complexity index is 948. The number of hydrogen-bond acceptors (Lipinski definition) is 10. The zero-order valence-electron chi connectivity index (χ0n) is 20.9. The van der Waals surface area contributed by atoms with E-state index < -0.39 is 22.8 Å². The van der Waals surface area contributed by atoms with Crippen LogP contribution in [-0.4, -0.2) is 81.8 Å². The minimum Gasteiger partial charge on any atom is -0.508 e. The molecule has 214 valence electrons. The van der Waals surface area contributed by atoms with Crippen molar-refractivity contribution in [3.8, 4) is 5.75 Å². The molecule has 2 saturated carbocycles. The molecule has 13 nitrogen and oxygen atoms in total. The van der Waals surface area contributed by atoms with Gasteiger partial charge in [0.1, 0.15) is 11.5 Å². The minimum atomic E-state index is -3.64. The molecule has 2 aliphatic heterocycles. The Morgan fingerprint density at radius 3 is 1.51 bits per heavy atom. The first-order chi connectivity index (χ1) is 16.5. The van der Waals surface area contributed by atoms with E-state index in [9.17, 15) is 23.6 Å². The van der Waals surface area contributed by atoms with E-state index in [1.54, 1.807) is 24.3 Å². The molecule has 0 aromatic heterocycles. The second-order valence-corrected chi connectivity index (χ2v) is 14.8. The number of carbonyl (C=O) groups is 1. The van der Waals surface area contributed by atoms with Crippen molar-refractivity contribution in [1.82, 2.24) is 0 Å². The summed E-state index contributed by atoms with van der Waals surface area (Å²) in [6.07, 6.45) is 2.66. The number of aliphatic hydroxyl groups is 1. The maximum absolute atomic E-state index is 11.4. The second-order valence-electron chi connectivity index (χ2n) is 9.17. The molecule has 2 saturated heterocycles. The standard InChI is InChI=1S/C7H13O4P.C7H11O4P.C6H6O.CH5O3P.H2O/c2*1-12(9)10-6-2-5(8)3-7(4-6)11-12;7-6-4-2-1-3-5-6;1-5(2,3)4;/h5-8H,2-4H2,1H3;6-7H,2-4H2,1H3;1-5,7H;1H3,(H2,2,3,4);1H2. The number of hydrogen-bond donors (Lipinski definition) is 4. The van der Waals surface area contributed by atoms with Crippen LogP contribution in [-0.2, 0) is 36.6 Å². The van der Waals surface area contributed by atoms with Gasteiger partial charge in [0.25, 0.3) is 0 Å². The van der Waals surface area contributed by atoms with Gasteiger partial charge in [-0.1, -0.05) is 18.2 Å². The third-order valence-electron chi connectivity index (χ3n) is 5.15. The fourth-order valence-electron chi connectivity index (χ4n) is 4.13. The second kappa shape index (κ2) is 14.4. The number of aliphatic hydroxyl groups excluding tert-OH is 1. The molecule has 4 atom stereocenters. The summed E-state index contributed by atoms with van der Waals surface area (Å²) in [4.78, 5) is 26.3. The van der Waals surface area contributed by atoms with Gasteiger partial charge < -0.3 is 43.6 Å². The molecule has 0 spiro atoms. The Kier molecular flexibility index (Phi) is 13.3. The topological polar surface area (TPSA) is 218 Å². The smallest absolute Gasteiger partial charge is 0.328 e. The van der Waals surface area contributed by atoms with Crippen molar-refractivity contribution in [2.24, 2.45) is 0 Å². The van der Waals surface area contributed by atoms with Crippen LogP contribution in [0.4, 0.5) is 0 Å². The molecule has 4 bridgehead atoms. The zero-order chi connectivity index (χ0) is 27.1. The van der Waals surface area contributed by atoms with Crippen molar-refractivity contribution in [1.29, 1.82) is 0 Å². The molecule has 4 aliphatic rings. The highest BCUT2D eigenvalue weighted by Gasteiger charge is 2.41. The van der Waals surface area contributed by atoms with Gasteiger partial charge in [-0.3, -0.25) is 18.5 Å². The molecule has 5 rings (SSSR count). The Balaban J connectivity index is 0.000000259. The monoisotopic (exact) mass is 590 g/mol. The van der Waals surface area contributed by atoms with E-state index in [0.717, 1.165) is 13.1 Å². The van der Waals surface area contributed by atoms with Crippen LogP contribution in [0.3, 0.4) is 0 Å². The summed E-state index contributed by atoms with van der Waals surface area (Å²) in [6, 6.07) is 8.71. The summed E-state index contributed by atoms with van der Waals surface area (Å²) >= 11 is 0. The number of ketones is 1. The average molecular weight is 590 g/mol. The first-order valence-corrected chi connectivity index (χ1v) is 17.4. The summed E-state index contributed by atoms with van der Waals surface area (Å²) in [5, 5.41) is 18.0. The number of phenolic OH excluding ortho intramolecular Hbond substituents is 1. The van der Waals surface area contributed by atoms with Gasteiger partial charge in [0, 0.05) is 58.5 Å². The van der Waals surface area contributed by atoms with Crippen LogP contribution in [0.15, 0.2) is 30.3 Å². The lowest BCUT2D eigenvalue weighted by Gasteiger charge is -2.39. The van der Waals surface area contributed by atoms with E-state index in [1.807, 2.05) is 6.07 Å². The van der Waals surface area contributed by atoms with Gasteiger partial charge in [0.15, 0.2) is 0 Å². The van der Waals surface area contributed by atoms with Gasteiger partial charge in [-0.25, -0.2) is 0 Å². The fraction of sp³-hybridized carbons (Fsp3) is 0.667. The van der Waals surface area contributed by atoms with Crippen LogP contribution in [0.25, 0.3) is 0 Å². The predicted molar refractivity (Wildman–Crippen MR) is 135 cm³/mol. The number of carbonyl (C=O) groups excluding carboxylic acids is 1. The highest BCUT2D eigenvalue weighted by Crippen LogP contribution is 2.54. The molecule has 1 aromatic rings. The largest absolute Gasteiger partial charge is 0.508 e. The maximum Gasteiger partial charge on any atom is 0.328 e. The summed E-state index contributed by atoms with van der Waals surface area (Å²) < 4.78 is 52.8. The van der Waals surface area contributed by atoms with E-state index in [2.05, 4.69) is 0 Å². The highest BCUT2D eigenvalue weighted by atomic mass is 31.2. The van der Waals surface area contributed by atoms with E-state index in [0.29, 0.717) is 37.9 Å². The van der Waals surface area contributed by atoms with Crippen LogP contribution in [0.1, 0.15) is 38.5 Å². The molecule has 1 aromatic carbocycles. The molecule has 37 heavy (non-hydrogen) atoms. The van der Waals surface area contributed by atoms with Crippen molar-refractivity contribution < 1.29 is 62.1 Å². The van der Waals surface area contributed by atoms with Crippen LogP contribution >= 0.6 is 22.8 Å². The molecule has 2 heterocycles. The quantitative estimate of drug-likeness (QED) is 0.321. The van der Waals surface area contributed by atoms with Crippen LogP contribution in [0.2, 0.25) is 0 Å². The fourth-order valence-corrected chi connectivity index (χ4v) is 7.06. The lowest BCUT2D eigenvalue weighted by molar-refractivity contribution is -0.128. The number of benzene rings is 1. The van der Waals surface area contributed by atoms with Gasteiger partial charge in [0.2, 0.25) is 0 Å². The lowest BCUT2D eigenvalue weighted by Crippen LogP contribution is -2.38. The first kappa shape index (κ1) is 34.1. The van der Waals surface area contributed by atoms with Crippen LogP contribution in [0, 0.1) is 0 Å².